The van der Waals surface area contributed by atoms with Gasteiger partial charge in [-0.1, -0.05) is 15.9 Å². The predicted molar refractivity (Wildman–Crippen MR) is 89.8 cm³/mol. The second kappa shape index (κ2) is 5.27. The highest BCUT2D eigenvalue weighted by atomic mass is 79.9. The number of oxazole rings is 1. The van der Waals surface area contributed by atoms with Gasteiger partial charge >= 0.3 is 0 Å². The van der Waals surface area contributed by atoms with Crippen molar-refractivity contribution in [2.45, 2.75) is 0 Å². The molecule has 0 radical (unpaired) electrons. The Morgan fingerprint density at radius 2 is 1.88 bits per heavy atom. The van der Waals surface area contributed by atoms with Crippen LogP contribution in [0.3, 0.4) is 0 Å². The molecule has 0 N–H and O–H groups in total. The maximum absolute atomic E-state index is 12.2. The van der Waals surface area contributed by atoms with Gasteiger partial charge in [0.25, 0.3) is 11.6 Å². The third-order valence-electron chi connectivity index (χ3n) is 3.48. The largest absolute Gasteiger partial charge is 0.451 e. The third-order valence-corrected chi connectivity index (χ3v) is 3.98. The number of benzene rings is 2. The number of nitrogens with zero attached hydrogens (tertiary/aromatic N) is 2. The lowest BCUT2D eigenvalue weighted by Gasteiger charge is -1.99. The summed E-state index contributed by atoms with van der Waals surface area (Å²) in [6.07, 6.45) is 0. The molecule has 0 fully saturated rings. The molecule has 0 saturated heterocycles. The zero-order chi connectivity index (χ0) is 16.8. The van der Waals surface area contributed by atoms with Crippen molar-refractivity contribution >= 4 is 43.7 Å². The maximum atomic E-state index is 12.2. The van der Waals surface area contributed by atoms with Gasteiger partial charge in [0.1, 0.15) is 11.1 Å². The molecule has 24 heavy (non-hydrogen) atoms. The van der Waals surface area contributed by atoms with Gasteiger partial charge in [-0.05, 0) is 24.3 Å². The van der Waals surface area contributed by atoms with Gasteiger partial charge in [0.15, 0.2) is 16.8 Å². The zero-order valence-corrected chi connectivity index (χ0v) is 13.4. The summed E-state index contributed by atoms with van der Waals surface area (Å²) in [7, 11) is 0. The number of halogens is 1. The monoisotopic (exact) mass is 386 g/mol. The van der Waals surface area contributed by atoms with Gasteiger partial charge < -0.3 is 8.83 Å². The molecule has 4 rings (SSSR count). The average molecular weight is 387 g/mol. The second-order valence-corrected chi connectivity index (χ2v) is 5.96. The smallest absolute Gasteiger partial charge is 0.273 e. The molecule has 7 nitrogen and oxygen atoms in total. The molecule has 8 heteroatoms. The number of hydrogen-bond donors (Lipinski definition) is 0. The third kappa shape index (κ3) is 2.37. The summed E-state index contributed by atoms with van der Waals surface area (Å²) in [5.74, 6) is 0.251. The van der Waals surface area contributed by atoms with E-state index in [0.29, 0.717) is 16.5 Å². The number of rotatable bonds is 2. The lowest BCUT2D eigenvalue weighted by Crippen LogP contribution is -2.00. The van der Waals surface area contributed by atoms with Gasteiger partial charge in [-0.25, -0.2) is 4.98 Å². The van der Waals surface area contributed by atoms with Crippen molar-refractivity contribution < 1.29 is 13.8 Å². The fourth-order valence-corrected chi connectivity index (χ4v) is 2.73. The normalized spacial score (nSPS) is 11.2. The van der Waals surface area contributed by atoms with Crippen LogP contribution < -0.4 is 5.43 Å². The minimum absolute atomic E-state index is 0.0902. The highest BCUT2D eigenvalue weighted by Crippen LogP contribution is 2.28. The molecule has 0 spiro atoms. The van der Waals surface area contributed by atoms with E-state index >= 15 is 0 Å². The average Bonchev–Trinajstić information content (AvgIpc) is 2.98. The number of nitro groups is 1. The number of hydrogen-bond acceptors (Lipinski definition) is 6. The van der Waals surface area contributed by atoms with Crippen LogP contribution in [-0.2, 0) is 0 Å². The van der Waals surface area contributed by atoms with Crippen LogP contribution in [0.5, 0.6) is 0 Å². The van der Waals surface area contributed by atoms with Crippen LogP contribution >= 0.6 is 15.9 Å². The zero-order valence-electron chi connectivity index (χ0n) is 11.9. The molecule has 0 aliphatic carbocycles. The van der Waals surface area contributed by atoms with E-state index < -0.39 is 4.92 Å². The molecular formula is C16H7BrN2O5. The second-order valence-electron chi connectivity index (χ2n) is 5.04. The number of aromatic nitrogens is 1. The van der Waals surface area contributed by atoms with Crippen LogP contribution in [0.15, 0.2) is 60.6 Å². The van der Waals surface area contributed by atoms with Crippen molar-refractivity contribution in [3.05, 3.63) is 67.3 Å². The lowest BCUT2D eigenvalue weighted by atomic mass is 10.2. The fourth-order valence-electron chi connectivity index (χ4n) is 2.37. The van der Waals surface area contributed by atoms with E-state index in [1.54, 1.807) is 18.2 Å². The van der Waals surface area contributed by atoms with Crippen molar-refractivity contribution in [3.8, 4) is 11.7 Å². The van der Waals surface area contributed by atoms with Crippen molar-refractivity contribution in [2.24, 2.45) is 0 Å². The van der Waals surface area contributed by atoms with E-state index in [1.807, 2.05) is 0 Å². The summed E-state index contributed by atoms with van der Waals surface area (Å²) in [4.78, 5) is 26.8. The minimum atomic E-state index is -0.518. The van der Waals surface area contributed by atoms with Crippen molar-refractivity contribution in [3.63, 3.8) is 0 Å². The molecule has 0 unspecified atom stereocenters. The molecule has 0 amide bonds. The Morgan fingerprint density at radius 1 is 1.04 bits per heavy atom. The molecule has 118 valence electrons. The van der Waals surface area contributed by atoms with E-state index in [1.165, 1.54) is 24.3 Å². The van der Waals surface area contributed by atoms with Crippen LogP contribution in [0.4, 0.5) is 5.69 Å². The SMILES string of the molecule is O=c1cc(-c2nc3ccc([N+](=O)[O-])cc3o2)oc2ccc(Br)cc12. The van der Waals surface area contributed by atoms with Gasteiger partial charge in [-0.15, -0.1) is 0 Å². The molecule has 0 aliphatic rings. The summed E-state index contributed by atoms with van der Waals surface area (Å²) in [6, 6.07) is 10.5. The Bertz CT molecular complexity index is 1180. The fraction of sp³-hybridized carbons (Fsp3) is 0. The van der Waals surface area contributed by atoms with Gasteiger partial charge in [0, 0.05) is 16.6 Å². The van der Waals surface area contributed by atoms with Crippen LogP contribution in [0.25, 0.3) is 33.7 Å². The number of nitro benzene ring substituents is 1. The van der Waals surface area contributed by atoms with Gasteiger partial charge in [-0.2, -0.15) is 0 Å². The molecule has 4 aromatic rings. The van der Waals surface area contributed by atoms with Gasteiger partial charge in [0.2, 0.25) is 0 Å². The quantitative estimate of drug-likeness (QED) is 0.376. The summed E-state index contributed by atoms with van der Waals surface area (Å²) in [5.41, 5.74) is 0.747. The summed E-state index contributed by atoms with van der Waals surface area (Å²) >= 11 is 3.31. The molecule has 2 heterocycles. The highest BCUT2D eigenvalue weighted by molar-refractivity contribution is 9.10. The van der Waals surface area contributed by atoms with E-state index in [-0.39, 0.29) is 28.4 Å². The molecule has 2 aromatic carbocycles. The van der Waals surface area contributed by atoms with E-state index in [4.69, 9.17) is 8.83 Å². The minimum Gasteiger partial charge on any atom is -0.451 e. The van der Waals surface area contributed by atoms with Crippen LogP contribution in [-0.4, -0.2) is 9.91 Å². The predicted octanol–water partition coefficient (Wildman–Crippen LogP) is 4.27. The molecule has 0 atom stereocenters. The van der Waals surface area contributed by atoms with Gasteiger partial charge in [0.05, 0.1) is 16.4 Å². The molecule has 2 aromatic heterocycles. The summed E-state index contributed by atoms with van der Waals surface area (Å²) in [5, 5.41) is 11.3. The molecule has 0 bridgehead atoms. The van der Waals surface area contributed by atoms with E-state index in [9.17, 15) is 14.9 Å². The van der Waals surface area contributed by atoms with E-state index in [0.717, 1.165) is 4.47 Å². The van der Waals surface area contributed by atoms with Crippen molar-refractivity contribution in [2.75, 3.05) is 0 Å². The van der Waals surface area contributed by atoms with Crippen molar-refractivity contribution in [1.82, 2.24) is 4.98 Å². The topological polar surface area (TPSA) is 99.4 Å². The van der Waals surface area contributed by atoms with Crippen LogP contribution in [0.2, 0.25) is 0 Å². The van der Waals surface area contributed by atoms with Crippen molar-refractivity contribution in [1.29, 1.82) is 0 Å². The molecular weight excluding hydrogens is 380 g/mol. The lowest BCUT2D eigenvalue weighted by molar-refractivity contribution is -0.384. The Morgan fingerprint density at radius 3 is 2.67 bits per heavy atom. The number of fused-ring (bicyclic) bond motifs is 2. The summed E-state index contributed by atoms with van der Waals surface area (Å²) in [6.45, 7) is 0. The Labute approximate surface area is 141 Å². The Balaban J connectivity index is 1.90. The first kappa shape index (κ1) is 14.6. The van der Waals surface area contributed by atoms with E-state index in [2.05, 4.69) is 20.9 Å². The summed E-state index contributed by atoms with van der Waals surface area (Å²) < 4.78 is 12.0. The standard InChI is InChI=1S/C16H7BrN2O5/c17-8-1-4-13-10(5-8)12(20)7-15(23-13)16-18-11-3-2-9(19(21)22)6-14(11)24-16/h1-7H. The first-order chi connectivity index (χ1) is 11.5. The first-order valence-electron chi connectivity index (χ1n) is 6.80. The van der Waals surface area contributed by atoms with Crippen LogP contribution in [0.1, 0.15) is 0 Å². The van der Waals surface area contributed by atoms with Crippen LogP contribution in [0, 0.1) is 10.1 Å². The van der Waals surface area contributed by atoms with Gasteiger partial charge in [-0.3, -0.25) is 14.9 Å². The molecule has 0 aliphatic heterocycles. The Kier molecular flexibility index (Phi) is 3.20. The first-order valence-corrected chi connectivity index (χ1v) is 7.59. The molecule has 0 saturated carbocycles. The number of non-ortho nitro benzene ring substituents is 1. The highest BCUT2D eigenvalue weighted by Gasteiger charge is 2.16. The maximum Gasteiger partial charge on any atom is 0.273 e. The Hall–Kier alpha value is -3.00.